The molecule has 0 fully saturated rings. The summed E-state index contributed by atoms with van der Waals surface area (Å²) in [6, 6.07) is 0. The average Bonchev–Trinajstić information content (AvgIpc) is 2.19. The number of nitrogens with zero attached hydrogens (tertiary/aromatic N) is 2. The van der Waals surface area contributed by atoms with Gasteiger partial charge in [-0.15, -0.1) is 0 Å². The molecule has 0 aliphatic heterocycles. The maximum absolute atomic E-state index is 10.8. The van der Waals surface area contributed by atoms with Crippen LogP contribution in [-0.4, -0.2) is 28.2 Å². The third-order valence-electron chi connectivity index (χ3n) is 2.12. The van der Waals surface area contributed by atoms with Gasteiger partial charge in [-0.3, -0.25) is 4.79 Å². The summed E-state index contributed by atoms with van der Waals surface area (Å²) in [7, 11) is 1.48. The zero-order valence-electron chi connectivity index (χ0n) is 9.73. The summed E-state index contributed by atoms with van der Waals surface area (Å²) in [5.74, 6) is -0.140. The molecule has 0 radical (unpaired) electrons. The van der Waals surface area contributed by atoms with Gasteiger partial charge in [0.15, 0.2) is 0 Å². The lowest BCUT2D eigenvalue weighted by Gasteiger charge is -2.11. The van der Waals surface area contributed by atoms with Crippen molar-refractivity contribution in [2.45, 2.75) is 26.7 Å². The minimum atomic E-state index is -0.905. The molecule has 1 aromatic heterocycles. The number of aromatic nitrogens is 2. The van der Waals surface area contributed by atoms with Crippen molar-refractivity contribution in [3.63, 3.8) is 0 Å². The molecule has 1 rings (SSSR count). The molecule has 0 atom stereocenters. The lowest BCUT2D eigenvalue weighted by Crippen LogP contribution is -2.10. The maximum atomic E-state index is 10.8. The Morgan fingerprint density at radius 2 is 2.19 bits per heavy atom. The second-order valence-electron chi connectivity index (χ2n) is 3.98. The van der Waals surface area contributed by atoms with E-state index in [2.05, 4.69) is 23.8 Å². The lowest BCUT2D eigenvalue weighted by molar-refractivity contribution is -0.136. The van der Waals surface area contributed by atoms with E-state index < -0.39 is 5.97 Å². The minimum absolute atomic E-state index is 0.105. The van der Waals surface area contributed by atoms with Crippen LogP contribution in [0.5, 0.6) is 5.88 Å². The van der Waals surface area contributed by atoms with Gasteiger partial charge in [0.05, 0.1) is 19.2 Å². The first-order valence-corrected chi connectivity index (χ1v) is 5.13. The molecular weight excluding hydrogens is 208 g/mol. The first-order valence-electron chi connectivity index (χ1n) is 5.13. The van der Waals surface area contributed by atoms with Gasteiger partial charge in [-0.05, 0) is 12.3 Å². The van der Waals surface area contributed by atoms with Gasteiger partial charge in [-0.1, -0.05) is 13.8 Å². The number of rotatable bonds is 5. The predicted octanol–water partition coefficient (Wildman–Crippen LogP) is 1.31. The SMILES string of the molecule is COc1ncnc(CC(C)C)c1CC(=O)O. The Labute approximate surface area is 94.5 Å². The fourth-order valence-electron chi connectivity index (χ4n) is 1.50. The van der Waals surface area contributed by atoms with Crippen molar-refractivity contribution in [1.82, 2.24) is 9.97 Å². The van der Waals surface area contributed by atoms with Crippen molar-refractivity contribution in [1.29, 1.82) is 0 Å². The van der Waals surface area contributed by atoms with E-state index in [-0.39, 0.29) is 6.42 Å². The Morgan fingerprint density at radius 1 is 1.50 bits per heavy atom. The third-order valence-corrected chi connectivity index (χ3v) is 2.12. The molecule has 16 heavy (non-hydrogen) atoms. The molecule has 0 aliphatic carbocycles. The molecule has 5 nitrogen and oxygen atoms in total. The summed E-state index contributed by atoms with van der Waals surface area (Å²) in [6.45, 7) is 4.11. The monoisotopic (exact) mass is 224 g/mol. The van der Waals surface area contributed by atoms with Crippen molar-refractivity contribution < 1.29 is 14.6 Å². The van der Waals surface area contributed by atoms with Gasteiger partial charge in [-0.25, -0.2) is 9.97 Å². The number of carboxylic acids is 1. The van der Waals surface area contributed by atoms with Crippen LogP contribution in [0.15, 0.2) is 6.33 Å². The van der Waals surface area contributed by atoms with Crippen molar-refractivity contribution in [2.75, 3.05) is 7.11 Å². The van der Waals surface area contributed by atoms with Crippen molar-refractivity contribution in [2.24, 2.45) is 5.92 Å². The van der Waals surface area contributed by atoms with Crippen LogP contribution in [0.3, 0.4) is 0 Å². The van der Waals surface area contributed by atoms with E-state index in [9.17, 15) is 4.79 Å². The average molecular weight is 224 g/mol. The van der Waals surface area contributed by atoms with Crippen LogP contribution in [-0.2, 0) is 17.6 Å². The van der Waals surface area contributed by atoms with Crippen LogP contribution < -0.4 is 4.74 Å². The molecule has 0 aromatic carbocycles. The molecule has 5 heteroatoms. The molecule has 0 aliphatic rings. The standard InChI is InChI=1S/C11H16N2O3/c1-7(2)4-9-8(5-10(14)15)11(16-3)13-6-12-9/h6-7H,4-5H2,1-3H3,(H,14,15). The van der Waals surface area contributed by atoms with E-state index in [4.69, 9.17) is 9.84 Å². The summed E-state index contributed by atoms with van der Waals surface area (Å²) in [5.41, 5.74) is 1.33. The molecule has 0 unspecified atom stereocenters. The highest BCUT2D eigenvalue weighted by molar-refractivity contribution is 5.71. The molecule has 1 heterocycles. The van der Waals surface area contributed by atoms with Crippen molar-refractivity contribution in [3.8, 4) is 5.88 Å². The number of hydrogen-bond donors (Lipinski definition) is 1. The van der Waals surface area contributed by atoms with Gasteiger partial charge in [0, 0.05) is 5.56 Å². The molecule has 0 saturated carbocycles. The fraction of sp³-hybridized carbons (Fsp3) is 0.545. The summed E-state index contributed by atoms with van der Waals surface area (Å²) in [5, 5.41) is 8.83. The molecule has 1 N–H and O–H groups in total. The fourth-order valence-corrected chi connectivity index (χ4v) is 1.50. The second kappa shape index (κ2) is 5.44. The second-order valence-corrected chi connectivity index (χ2v) is 3.98. The van der Waals surface area contributed by atoms with Crippen LogP contribution in [0.4, 0.5) is 0 Å². The van der Waals surface area contributed by atoms with E-state index in [0.29, 0.717) is 17.4 Å². The first kappa shape index (κ1) is 12.4. The number of hydrogen-bond acceptors (Lipinski definition) is 4. The largest absolute Gasteiger partial charge is 0.481 e. The van der Waals surface area contributed by atoms with Gasteiger partial charge in [0.1, 0.15) is 6.33 Å². The Morgan fingerprint density at radius 3 is 2.69 bits per heavy atom. The summed E-state index contributed by atoms with van der Waals surface area (Å²) in [6.07, 6.45) is 2.02. The van der Waals surface area contributed by atoms with E-state index in [1.807, 2.05) is 0 Å². The summed E-state index contributed by atoms with van der Waals surface area (Å²) < 4.78 is 5.05. The number of methoxy groups -OCH3 is 1. The van der Waals surface area contributed by atoms with Gasteiger partial charge in [0.25, 0.3) is 0 Å². The highest BCUT2D eigenvalue weighted by atomic mass is 16.5. The van der Waals surface area contributed by atoms with Gasteiger partial charge < -0.3 is 9.84 Å². The molecule has 0 spiro atoms. The first-order chi connectivity index (χ1) is 7.54. The number of aliphatic carboxylic acids is 1. The molecule has 88 valence electrons. The van der Waals surface area contributed by atoms with Gasteiger partial charge in [-0.2, -0.15) is 0 Å². The number of ether oxygens (including phenoxy) is 1. The van der Waals surface area contributed by atoms with Crippen molar-refractivity contribution in [3.05, 3.63) is 17.6 Å². The summed E-state index contributed by atoms with van der Waals surface area (Å²) in [4.78, 5) is 18.8. The molecular formula is C11H16N2O3. The van der Waals surface area contributed by atoms with Crippen LogP contribution in [0.25, 0.3) is 0 Å². The third kappa shape index (κ3) is 3.18. The Hall–Kier alpha value is -1.65. The van der Waals surface area contributed by atoms with Crippen LogP contribution >= 0.6 is 0 Å². The molecule has 0 bridgehead atoms. The topological polar surface area (TPSA) is 72.3 Å². The van der Waals surface area contributed by atoms with E-state index in [1.54, 1.807) is 0 Å². The van der Waals surface area contributed by atoms with E-state index >= 15 is 0 Å². The minimum Gasteiger partial charge on any atom is -0.481 e. The van der Waals surface area contributed by atoms with Gasteiger partial charge in [0.2, 0.25) is 5.88 Å². The smallest absolute Gasteiger partial charge is 0.308 e. The molecule has 1 aromatic rings. The lowest BCUT2D eigenvalue weighted by atomic mass is 10.0. The summed E-state index contributed by atoms with van der Waals surface area (Å²) >= 11 is 0. The van der Waals surface area contributed by atoms with Crippen molar-refractivity contribution >= 4 is 5.97 Å². The number of carboxylic acid groups (broad SMARTS) is 1. The number of carbonyl (C=O) groups is 1. The highest BCUT2D eigenvalue weighted by Crippen LogP contribution is 2.20. The highest BCUT2D eigenvalue weighted by Gasteiger charge is 2.15. The normalized spacial score (nSPS) is 10.5. The Balaban J connectivity index is 3.09. The van der Waals surface area contributed by atoms with Crippen LogP contribution in [0, 0.1) is 5.92 Å². The molecule has 0 amide bonds. The Kier molecular flexibility index (Phi) is 4.22. The maximum Gasteiger partial charge on any atom is 0.308 e. The quantitative estimate of drug-likeness (QED) is 0.816. The van der Waals surface area contributed by atoms with Crippen LogP contribution in [0.1, 0.15) is 25.1 Å². The van der Waals surface area contributed by atoms with E-state index in [0.717, 1.165) is 12.1 Å². The molecule has 0 saturated heterocycles. The Bertz CT molecular complexity index is 377. The zero-order valence-corrected chi connectivity index (χ0v) is 9.73. The zero-order chi connectivity index (χ0) is 12.1. The van der Waals surface area contributed by atoms with Gasteiger partial charge >= 0.3 is 5.97 Å². The predicted molar refractivity (Wildman–Crippen MR) is 58.5 cm³/mol. The van der Waals surface area contributed by atoms with E-state index in [1.165, 1.54) is 13.4 Å². The van der Waals surface area contributed by atoms with Crippen LogP contribution in [0.2, 0.25) is 0 Å².